The molecule has 2 N–H and O–H groups in total. The first kappa shape index (κ1) is 13.2. The number of carbonyl (C=O) groups is 1. The van der Waals surface area contributed by atoms with Crippen molar-refractivity contribution in [1.29, 1.82) is 0 Å². The minimum atomic E-state index is -0.409. The van der Waals surface area contributed by atoms with Gasteiger partial charge in [-0.1, -0.05) is 0 Å². The molecule has 4 nitrogen and oxygen atoms in total. The minimum Gasteiger partial charge on any atom is -0.464 e. The van der Waals surface area contributed by atoms with Crippen LogP contribution in [0.15, 0.2) is 0 Å². The van der Waals surface area contributed by atoms with E-state index in [0.29, 0.717) is 11.7 Å². The lowest BCUT2D eigenvalue weighted by molar-refractivity contribution is -0.144. The molecule has 1 atom stereocenters. The summed E-state index contributed by atoms with van der Waals surface area (Å²) in [5.74, 6) is -0.291. The number of hydrogen-bond acceptors (Lipinski definition) is 3. The van der Waals surface area contributed by atoms with Crippen molar-refractivity contribution >= 4 is 23.3 Å². The van der Waals surface area contributed by atoms with Crippen LogP contribution < -0.4 is 10.6 Å². The van der Waals surface area contributed by atoms with Crippen LogP contribution in [0.2, 0.25) is 0 Å². The smallest absolute Gasteiger partial charge is 0.328 e. The van der Waals surface area contributed by atoms with Gasteiger partial charge in [0.15, 0.2) is 5.11 Å². The van der Waals surface area contributed by atoms with Gasteiger partial charge in [-0.2, -0.15) is 0 Å². The van der Waals surface area contributed by atoms with E-state index in [4.69, 9.17) is 17.0 Å². The lowest BCUT2D eigenvalue weighted by atomic mass is 10.3. The van der Waals surface area contributed by atoms with Crippen molar-refractivity contribution in [3.05, 3.63) is 0 Å². The van der Waals surface area contributed by atoms with Crippen molar-refractivity contribution in [2.24, 2.45) is 0 Å². The number of ether oxygens (including phenoxy) is 1. The zero-order valence-corrected chi connectivity index (χ0v) is 9.90. The molecule has 0 aromatic carbocycles. The quantitative estimate of drug-likeness (QED) is 0.540. The van der Waals surface area contributed by atoms with E-state index in [1.807, 2.05) is 13.8 Å². The second-order valence-electron chi connectivity index (χ2n) is 3.25. The van der Waals surface area contributed by atoms with Crippen LogP contribution in [0.5, 0.6) is 0 Å². The predicted molar refractivity (Wildman–Crippen MR) is 60.1 cm³/mol. The Hall–Kier alpha value is -0.840. The Kier molecular flexibility index (Phi) is 6.19. The van der Waals surface area contributed by atoms with Crippen molar-refractivity contribution in [1.82, 2.24) is 10.6 Å². The predicted octanol–water partition coefficient (Wildman–Crippen LogP) is 0.810. The number of rotatable bonds is 4. The van der Waals surface area contributed by atoms with Crippen LogP contribution >= 0.6 is 12.2 Å². The molecule has 0 saturated heterocycles. The van der Waals surface area contributed by atoms with Gasteiger partial charge in [0.25, 0.3) is 0 Å². The number of nitrogens with one attached hydrogen (secondary N) is 2. The first-order valence-corrected chi connectivity index (χ1v) is 5.11. The fourth-order valence-corrected chi connectivity index (χ4v) is 1.24. The van der Waals surface area contributed by atoms with Crippen LogP contribution in [0.1, 0.15) is 27.7 Å². The lowest BCUT2D eigenvalue weighted by Crippen LogP contribution is -2.46. The molecule has 0 amide bonds. The van der Waals surface area contributed by atoms with Gasteiger partial charge < -0.3 is 15.4 Å². The maximum atomic E-state index is 11.2. The third-order valence-corrected chi connectivity index (χ3v) is 1.64. The van der Waals surface area contributed by atoms with Crippen molar-refractivity contribution in [3.63, 3.8) is 0 Å². The van der Waals surface area contributed by atoms with E-state index in [-0.39, 0.29) is 12.0 Å². The number of hydrogen-bond donors (Lipinski definition) is 2. The zero-order valence-electron chi connectivity index (χ0n) is 9.09. The lowest BCUT2D eigenvalue weighted by Gasteiger charge is -2.17. The van der Waals surface area contributed by atoms with E-state index in [1.54, 1.807) is 13.8 Å². The highest BCUT2D eigenvalue weighted by molar-refractivity contribution is 7.80. The van der Waals surface area contributed by atoms with E-state index in [2.05, 4.69) is 10.6 Å². The second kappa shape index (κ2) is 6.59. The van der Waals surface area contributed by atoms with Crippen LogP contribution in [-0.4, -0.2) is 29.8 Å². The standard InChI is InChI=1S/C9H18N2O2S/c1-5-13-8(12)7(4)11-9(14)10-6(2)3/h6-7H,5H2,1-4H3,(H2,10,11,14). The summed E-state index contributed by atoms with van der Waals surface area (Å²) in [5.41, 5.74) is 0. The molecule has 0 aliphatic carbocycles. The van der Waals surface area contributed by atoms with Gasteiger partial charge in [-0.3, -0.25) is 0 Å². The molecule has 5 heteroatoms. The summed E-state index contributed by atoms with van der Waals surface area (Å²) in [6.45, 7) is 7.82. The molecule has 0 fully saturated rings. The molecule has 1 unspecified atom stereocenters. The topological polar surface area (TPSA) is 50.4 Å². The summed E-state index contributed by atoms with van der Waals surface area (Å²) in [7, 11) is 0. The highest BCUT2D eigenvalue weighted by Gasteiger charge is 2.14. The van der Waals surface area contributed by atoms with Crippen LogP contribution in [-0.2, 0) is 9.53 Å². The molecule has 82 valence electrons. The average Bonchev–Trinajstić information content (AvgIpc) is 2.02. The van der Waals surface area contributed by atoms with Gasteiger partial charge in [-0.05, 0) is 39.9 Å². The minimum absolute atomic E-state index is 0.254. The third kappa shape index (κ3) is 5.75. The highest BCUT2D eigenvalue weighted by Crippen LogP contribution is 1.88. The Bertz CT molecular complexity index is 207. The van der Waals surface area contributed by atoms with Gasteiger partial charge in [0.2, 0.25) is 0 Å². The van der Waals surface area contributed by atoms with Gasteiger partial charge in [-0.25, -0.2) is 4.79 Å². The summed E-state index contributed by atoms with van der Waals surface area (Å²) >= 11 is 4.98. The summed E-state index contributed by atoms with van der Waals surface area (Å²) in [6, 6.07) is -0.155. The summed E-state index contributed by atoms with van der Waals surface area (Å²) < 4.78 is 4.82. The van der Waals surface area contributed by atoms with Crippen LogP contribution in [0.4, 0.5) is 0 Å². The second-order valence-corrected chi connectivity index (χ2v) is 3.65. The molecular weight excluding hydrogens is 200 g/mol. The van der Waals surface area contributed by atoms with E-state index in [0.717, 1.165) is 0 Å². The maximum absolute atomic E-state index is 11.2. The normalized spacial score (nSPS) is 12.1. The number of carbonyl (C=O) groups excluding carboxylic acids is 1. The summed E-state index contributed by atoms with van der Waals surface area (Å²) in [4.78, 5) is 11.2. The number of thiocarbonyl (C=S) groups is 1. The third-order valence-electron chi connectivity index (χ3n) is 1.41. The van der Waals surface area contributed by atoms with Gasteiger partial charge in [0.1, 0.15) is 6.04 Å². The van der Waals surface area contributed by atoms with Gasteiger partial charge >= 0.3 is 5.97 Å². The fourth-order valence-electron chi connectivity index (χ4n) is 0.827. The Morgan fingerprint density at radius 2 is 1.93 bits per heavy atom. The first-order valence-electron chi connectivity index (χ1n) is 4.71. The van der Waals surface area contributed by atoms with Crippen LogP contribution in [0.25, 0.3) is 0 Å². The largest absolute Gasteiger partial charge is 0.464 e. The molecule has 0 rings (SSSR count). The summed E-state index contributed by atoms with van der Waals surface area (Å²) in [5, 5.41) is 6.30. The van der Waals surface area contributed by atoms with Crippen LogP contribution in [0, 0.1) is 0 Å². The van der Waals surface area contributed by atoms with Crippen LogP contribution in [0.3, 0.4) is 0 Å². The SMILES string of the molecule is CCOC(=O)C(C)NC(=S)NC(C)C. The molecular formula is C9H18N2O2S. The Labute approximate surface area is 90.4 Å². The number of esters is 1. The molecule has 0 aliphatic heterocycles. The van der Waals surface area contributed by atoms with Gasteiger partial charge in [-0.15, -0.1) is 0 Å². The molecule has 0 spiro atoms. The van der Waals surface area contributed by atoms with E-state index >= 15 is 0 Å². The van der Waals surface area contributed by atoms with Crippen molar-refractivity contribution in [2.45, 2.75) is 39.8 Å². The Morgan fingerprint density at radius 1 is 1.36 bits per heavy atom. The monoisotopic (exact) mass is 218 g/mol. The molecule has 0 aliphatic rings. The van der Waals surface area contributed by atoms with Crippen molar-refractivity contribution < 1.29 is 9.53 Å². The molecule has 0 heterocycles. The van der Waals surface area contributed by atoms with Crippen molar-refractivity contribution in [2.75, 3.05) is 6.61 Å². The van der Waals surface area contributed by atoms with Gasteiger partial charge in [0.05, 0.1) is 6.61 Å². The molecule has 0 bridgehead atoms. The Balaban J connectivity index is 3.87. The molecule has 0 radical (unpaired) electrons. The molecule has 0 saturated carbocycles. The van der Waals surface area contributed by atoms with E-state index in [9.17, 15) is 4.79 Å². The van der Waals surface area contributed by atoms with Gasteiger partial charge in [0, 0.05) is 6.04 Å². The first-order chi connectivity index (χ1) is 6.47. The average molecular weight is 218 g/mol. The Morgan fingerprint density at radius 3 is 2.36 bits per heavy atom. The fraction of sp³-hybridized carbons (Fsp3) is 0.778. The molecule has 0 aromatic heterocycles. The van der Waals surface area contributed by atoms with E-state index < -0.39 is 6.04 Å². The molecule has 0 aromatic rings. The summed E-state index contributed by atoms with van der Waals surface area (Å²) in [6.07, 6.45) is 0. The zero-order chi connectivity index (χ0) is 11.1. The highest BCUT2D eigenvalue weighted by atomic mass is 32.1. The van der Waals surface area contributed by atoms with Crippen molar-refractivity contribution in [3.8, 4) is 0 Å². The molecule has 14 heavy (non-hydrogen) atoms. The maximum Gasteiger partial charge on any atom is 0.328 e. The van der Waals surface area contributed by atoms with E-state index in [1.165, 1.54) is 0 Å².